The third-order valence-corrected chi connectivity index (χ3v) is 2.18. The fourth-order valence-corrected chi connectivity index (χ4v) is 1.37. The monoisotopic (exact) mass is 183 g/mol. The zero-order valence-electron chi connectivity index (χ0n) is 7.90. The van der Waals surface area contributed by atoms with Gasteiger partial charge in [-0.25, -0.2) is 8.78 Å². The molecule has 0 aromatic heterocycles. The predicted octanol–water partition coefficient (Wildman–Crippen LogP) is 3.71. The minimum absolute atomic E-state index is 0.767. The summed E-state index contributed by atoms with van der Waals surface area (Å²) >= 11 is 0. The molecular formula is C11H13F2. The Labute approximate surface area is 77.6 Å². The van der Waals surface area contributed by atoms with Gasteiger partial charge in [0.25, 0.3) is 0 Å². The zero-order valence-corrected chi connectivity index (χ0v) is 7.90. The molecule has 0 unspecified atom stereocenters. The van der Waals surface area contributed by atoms with Crippen LogP contribution < -0.4 is 0 Å². The molecule has 0 fully saturated rings. The Morgan fingerprint density at radius 3 is 2.15 bits per heavy atom. The number of rotatable bonds is 3. The van der Waals surface area contributed by atoms with Gasteiger partial charge in [-0.3, -0.25) is 0 Å². The van der Waals surface area contributed by atoms with Crippen LogP contribution in [0.4, 0.5) is 8.78 Å². The molecule has 13 heavy (non-hydrogen) atoms. The van der Waals surface area contributed by atoms with Crippen molar-refractivity contribution in [3.05, 3.63) is 41.3 Å². The van der Waals surface area contributed by atoms with Crippen molar-refractivity contribution in [1.29, 1.82) is 0 Å². The Kier molecular flexibility index (Phi) is 3.40. The standard InChI is InChI=1S/C11H13F2/c1-3-8(4-2)9-5-6-10(12)11(13)7-9/h5-7H,3-4H2,1-2H3. The molecule has 0 heterocycles. The van der Waals surface area contributed by atoms with E-state index in [2.05, 4.69) is 0 Å². The van der Waals surface area contributed by atoms with Crippen LogP contribution in [0.25, 0.3) is 0 Å². The van der Waals surface area contributed by atoms with E-state index < -0.39 is 11.6 Å². The van der Waals surface area contributed by atoms with E-state index in [9.17, 15) is 8.78 Å². The van der Waals surface area contributed by atoms with Gasteiger partial charge in [0.2, 0.25) is 0 Å². The second-order valence-corrected chi connectivity index (χ2v) is 2.94. The van der Waals surface area contributed by atoms with Crippen molar-refractivity contribution in [2.75, 3.05) is 0 Å². The molecule has 0 N–H and O–H groups in total. The summed E-state index contributed by atoms with van der Waals surface area (Å²) in [4.78, 5) is 0. The van der Waals surface area contributed by atoms with Gasteiger partial charge in [-0.1, -0.05) is 19.9 Å². The van der Waals surface area contributed by atoms with Gasteiger partial charge in [-0.15, -0.1) is 0 Å². The van der Waals surface area contributed by atoms with E-state index >= 15 is 0 Å². The highest BCUT2D eigenvalue weighted by Crippen LogP contribution is 2.22. The lowest BCUT2D eigenvalue weighted by atomic mass is 9.94. The van der Waals surface area contributed by atoms with Crippen LogP contribution in [0.1, 0.15) is 32.3 Å². The van der Waals surface area contributed by atoms with E-state index in [4.69, 9.17) is 0 Å². The first-order chi connectivity index (χ1) is 6.19. The van der Waals surface area contributed by atoms with Crippen molar-refractivity contribution in [2.24, 2.45) is 0 Å². The highest BCUT2D eigenvalue weighted by Gasteiger charge is 2.10. The Morgan fingerprint density at radius 1 is 1.08 bits per heavy atom. The second kappa shape index (κ2) is 4.35. The van der Waals surface area contributed by atoms with Crippen molar-refractivity contribution in [1.82, 2.24) is 0 Å². The summed E-state index contributed by atoms with van der Waals surface area (Å²) in [6.45, 7) is 4.03. The Hall–Kier alpha value is -0.920. The van der Waals surface area contributed by atoms with E-state index in [-0.39, 0.29) is 0 Å². The van der Waals surface area contributed by atoms with Crippen molar-refractivity contribution in [3.63, 3.8) is 0 Å². The van der Waals surface area contributed by atoms with Crippen LogP contribution >= 0.6 is 0 Å². The molecule has 0 saturated carbocycles. The average Bonchev–Trinajstić information content (AvgIpc) is 2.13. The third kappa shape index (κ3) is 2.27. The van der Waals surface area contributed by atoms with Gasteiger partial charge in [0, 0.05) is 5.92 Å². The van der Waals surface area contributed by atoms with Crippen LogP contribution in [-0.4, -0.2) is 0 Å². The molecule has 0 saturated heterocycles. The molecule has 1 aromatic rings. The van der Waals surface area contributed by atoms with Crippen molar-refractivity contribution < 1.29 is 8.78 Å². The topological polar surface area (TPSA) is 0 Å². The molecule has 1 rings (SSSR count). The first-order valence-corrected chi connectivity index (χ1v) is 4.49. The highest BCUT2D eigenvalue weighted by atomic mass is 19.2. The molecule has 1 radical (unpaired) electrons. The minimum Gasteiger partial charge on any atom is -0.204 e. The maximum atomic E-state index is 12.8. The van der Waals surface area contributed by atoms with Crippen molar-refractivity contribution in [2.45, 2.75) is 26.7 Å². The molecule has 1 aromatic carbocycles. The molecule has 0 nitrogen and oxygen atoms in total. The normalized spacial score (nSPS) is 10.8. The number of halogens is 2. The predicted molar refractivity (Wildman–Crippen MR) is 49.3 cm³/mol. The van der Waals surface area contributed by atoms with E-state index in [1.807, 2.05) is 13.8 Å². The molecule has 0 bridgehead atoms. The molecule has 0 aliphatic carbocycles. The maximum Gasteiger partial charge on any atom is 0.159 e. The summed E-state index contributed by atoms with van der Waals surface area (Å²) in [5, 5.41) is 0. The lowest BCUT2D eigenvalue weighted by Crippen LogP contribution is -1.98. The number of hydrogen-bond donors (Lipinski definition) is 0. The van der Waals surface area contributed by atoms with Crippen LogP contribution in [0.2, 0.25) is 0 Å². The fraction of sp³-hybridized carbons (Fsp3) is 0.364. The Morgan fingerprint density at radius 2 is 1.69 bits per heavy atom. The summed E-state index contributed by atoms with van der Waals surface area (Å²) in [6, 6.07) is 4.06. The number of benzene rings is 1. The lowest BCUT2D eigenvalue weighted by Gasteiger charge is -2.11. The second-order valence-electron chi connectivity index (χ2n) is 2.94. The van der Waals surface area contributed by atoms with Crippen LogP contribution in [-0.2, 0) is 0 Å². The van der Waals surface area contributed by atoms with Gasteiger partial charge in [-0.2, -0.15) is 0 Å². The quantitative estimate of drug-likeness (QED) is 0.670. The van der Waals surface area contributed by atoms with Crippen LogP contribution in [0.5, 0.6) is 0 Å². The highest BCUT2D eigenvalue weighted by molar-refractivity contribution is 5.30. The smallest absolute Gasteiger partial charge is 0.159 e. The molecule has 0 amide bonds. The first-order valence-electron chi connectivity index (χ1n) is 4.49. The minimum atomic E-state index is -0.782. The van der Waals surface area contributed by atoms with Crippen LogP contribution in [0.15, 0.2) is 18.2 Å². The van der Waals surface area contributed by atoms with Crippen LogP contribution in [0, 0.1) is 17.6 Å². The summed E-state index contributed by atoms with van der Waals surface area (Å²) in [5.74, 6) is -0.397. The van der Waals surface area contributed by atoms with E-state index in [1.54, 1.807) is 6.07 Å². The summed E-state index contributed by atoms with van der Waals surface area (Å²) in [7, 11) is 0. The van der Waals surface area contributed by atoms with Gasteiger partial charge < -0.3 is 0 Å². The Bertz CT molecular complexity index is 277. The molecule has 71 valence electrons. The summed E-state index contributed by atoms with van der Waals surface area (Å²) in [5.41, 5.74) is 0.809. The van der Waals surface area contributed by atoms with Crippen molar-refractivity contribution >= 4 is 0 Å². The molecule has 0 spiro atoms. The molecule has 2 heteroatoms. The van der Waals surface area contributed by atoms with E-state index in [0.29, 0.717) is 0 Å². The SMILES string of the molecule is CC[C](CC)c1ccc(F)c(F)c1. The van der Waals surface area contributed by atoms with Crippen molar-refractivity contribution in [3.8, 4) is 0 Å². The molecule has 0 aliphatic rings. The van der Waals surface area contributed by atoms with Gasteiger partial charge in [0.1, 0.15) is 0 Å². The van der Waals surface area contributed by atoms with Gasteiger partial charge in [0.15, 0.2) is 11.6 Å². The van der Waals surface area contributed by atoms with Crippen LogP contribution in [0.3, 0.4) is 0 Å². The summed E-state index contributed by atoms with van der Waals surface area (Å²) in [6.07, 6.45) is 1.75. The molecular weight excluding hydrogens is 170 g/mol. The van der Waals surface area contributed by atoms with Gasteiger partial charge >= 0.3 is 0 Å². The largest absolute Gasteiger partial charge is 0.204 e. The zero-order chi connectivity index (χ0) is 9.84. The fourth-order valence-electron chi connectivity index (χ4n) is 1.37. The number of hydrogen-bond acceptors (Lipinski definition) is 0. The third-order valence-electron chi connectivity index (χ3n) is 2.18. The lowest BCUT2D eigenvalue weighted by molar-refractivity contribution is 0.507. The molecule has 0 atom stereocenters. The van der Waals surface area contributed by atoms with Gasteiger partial charge in [0.05, 0.1) is 0 Å². The summed E-state index contributed by atoms with van der Waals surface area (Å²) < 4.78 is 25.4. The average molecular weight is 183 g/mol. The van der Waals surface area contributed by atoms with Gasteiger partial charge in [-0.05, 0) is 30.5 Å². The van der Waals surface area contributed by atoms with E-state index in [0.717, 1.165) is 24.3 Å². The Balaban J connectivity index is 2.95. The first kappa shape index (κ1) is 10.2. The van der Waals surface area contributed by atoms with E-state index in [1.165, 1.54) is 12.1 Å². The maximum absolute atomic E-state index is 12.8. The molecule has 0 aliphatic heterocycles.